The number of hydrogen-bond acceptors (Lipinski definition) is 5. The Hall–Kier alpha value is -2.21. The van der Waals surface area contributed by atoms with Gasteiger partial charge in [-0.25, -0.2) is 10.9 Å². The number of aromatic nitrogens is 2. The number of nitrogens with one attached hydrogen (secondary N) is 2. The zero-order chi connectivity index (χ0) is 16.5. The second kappa shape index (κ2) is 6.36. The molecule has 5 nitrogen and oxygen atoms in total. The highest BCUT2D eigenvalue weighted by Crippen LogP contribution is 2.31. The molecule has 1 aliphatic heterocycles. The summed E-state index contributed by atoms with van der Waals surface area (Å²) in [4.78, 5) is 4.56. The Morgan fingerprint density at radius 2 is 1.79 bits per heavy atom. The molecule has 0 radical (unpaired) electrons. The van der Waals surface area contributed by atoms with Crippen LogP contribution < -0.4 is 10.9 Å². The highest BCUT2D eigenvalue weighted by atomic mass is 35.5. The Balaban J connectivity index is 1.52. The molecule has 3 aromatic rings. The van der Waals surface area contributed by atoms with Crippen LogP contribution in [0, 0.1) is 6.92 Å². The molecule has 122 valence electrons. The molecule has 0 spiro atoms. The summed E-state index contributed by atoms with van der Waals surface area (Å²) in [6, 6.07) is 16.0. The molecule has 1 aliphatic rings. The highest BCUT2D eigenvalue weighted by Gasteiger charge is 2.30. The van der Waals surface area contributed by atoms with Crippen LogP contribution in [0.15, 0.2) is 53.1 Å². The molecular weight excluding hydrogens is 324 g/mol. The maximum Gasteiger partial charge on any atom is 0.245 e. The second-order valence-electron chi connectivity index (χ2n) is 5.95. The first-order chi connectivity index (χ1) is 11.7. The van der Waals surface area contributed by atoms with Crippen LogP contribution in [0.4, 0.5) is 0 Å². The largest absolute Gasteiger partial charge is 0.337 e. The van der Waals surface area contributed by atoms with Crippen molar-refractivity contribution in [2.24, 2.45) is 0 Å². The smallest absolute Gasteiger partial charge is 0.245 e. The standard InChI is InChI=1S/C18H17ClN4O/c1-11-4-2-3-5-14(11)17-20-18(24-23-17)16-10-15(21-22-16)12-6-8-13(19)9-7-12/h2-9,15-16,21-22H,10H2,1H3. The fourth-order valence-corrected chi connectivity index (χ4v) is 3.07. The third kappa shape index (κ3) is 2.94. The minimum Gasteiger partial charge on any atom is -0.337 e. The van der Waals surface area contributed by atoms with E-state index in [0.29, 0.717) is 11.7 Å². The van der Waals surface area contributed by atoms with E-state index < -0.39 is 0 Å². The maximum absolute atomic E-state index is 5.95. The number of halogens is 1. The van der Waals surface area contributed by atoms with E-state index >= 15 is 0 Å². The van der Waals surface area contributed by atoms with E-state index in [2.05, 4.69) is 21.0 Å². The Kier molecular flexibility index (Phi) is 4.06. The van der Waals surface area contributed by atoms with Gasteiger partial charge in [-0.3, -0.25) is 0 Å². The van der Waals surface area contributed by atoms with Gasteiger partial charge >= 0.3 is 0 Å². The number of hydrogen-bond donors (Lipinski definition) is 2. The molecule has 0 bridgehead atoms. The summed E-state index contributed by atoms with van der Waals surface area (Å²) in [6.07, 6.45) is 0.830. The summed E-state index contributed by atoms with van der Waals surface area (Å²) in [5.41, 5.74) is 9.81. The molecule has 1 fully saturated rings. The van der Waals surface area contributed by atoms with Gasteiger partial charge in [0.2, 0.25) is 11.7 Å². The topological polar surface area (TPSA) is 63.0 Å². The van der Waals surface area contributed by atoms with E-state index in [1.807, 2.05) is 55.5 Å². The van der Waals surface area contributed by atoms with Gasteiger partial charge in [0.25, 0.3) is 0 Å². The summed E-state index contributed by atoms with van der Waals surface area (Å²) in [5, 5.41) is 4.87. The van der Waals surface area contributed by atoms with E-state index in [1.54, 1.807) is 0 Å². The van der Waals surface area contributed by atoms with Crippen LogP contribution >= 0.6 is 11.6 Å². The maximum atomic E-state index is 5.95. The van der Waals surface area contributed by atoms with Crippen molar-refractivity contribution in [2.75, 3.05) is 0 Å². The summed E-state index contributed by atoms with van der Waals surface area (Å²) in [7, 11) is 0. The molecule has 2 unspecified atom stereocenters. The predicted octanol–water partition coefficient (Wildman–Crippen LogP) is 3.98. The SMILES string of the molecule is Cc1ccccc1-c1noc(C2CC(c3ccc(Cl)cc3)NN2)n1. The van der Waals surface area contributed by atoms with E-state index in [0.717, 1.165) is 22.6 Å². The van der Waals surface area contributed by atoms with Crippen LogP contribution in [0.25, 0.3) is 11.4 Å². The van der Waals surface area contributed by atoms with E-state index in [-0.39, 0.29) is 12.1 Å². The fourth-order valence-electron chi connectivity index (χ4n) is 2.94. The van der Waals surface area contributed by atoms with Crippen LogP contribution in [-0.4, -0.2) is 10.1 Å². The molecule has 1 saturated heterocycles. The molecule has 0 amide bonds. The van der Waals surface area contributed by atoms with E-state index in [1.165, 1.54) is 5.56 Å². The van der Waals surface area contributed by atoms with Crippen molar-refractivity contribution in [1.29, 1.82) is 0 Å². The van der Waals surface area contributed by atoms with Crippen LogP contribution in [0.5, 0.6) is 0 Å². The van der Waals surface area contributed by atoms with Crippen LogP contribution in [0.1, 0.15) is 35.5 Å². The van der Waals surface area contributed by atoms with Crippen molar-refractivity contribution >= 4 is 11.6 Å². The van der Waals surface area contributed by atoms with Crippen molar-refractivity contribution in [1.82, 2.24) is 21.0 Å². The van der Waals surface area contributed by atoms with Crippen LogP contribution in [-0.2, 0) is 0 Å². The van der Waals surface area contributed by atoms with Crippen molar-refractivity contribution in [2.45, 2.75) is 25.4 Å². The first kappa shape index (κ1) is 15.3. The number of hydrazine groups is 1. The molecule has 0 saturated carbocycles. The van der Waals surface area contributed by atoms with Crippen molar-refractivity contribution in [3.63, 3.8) is 0 Å². The lowest BCUT2D eigenvalue weighted by atomic mass is 10.0. The molecule has 4 rings (SSSR count). The molecule has 6 heteroatoms. The normalized spacial score (nSPS) is 20.4. The molecule has 2 atom stereocenters. The molecule has 0 aliphatic carbocycles. The Morgan fingerprint density at radius 1 is 1.04 bits per heavy atom. The van der Waals surface area contributed by atoms with Gasteiger partial charge in [-0.1, -0.05) is 53.2 Å². The first-order valence-corrected chi connectivity index (χ1v) is 8.24. The van der Waals surface area contributed by atoms with E-state index in [9.17, 15) is 0 Å². The van der Waals surface area contributed by atoms with Crippen molar-refractivity contribution in [3.8, 4) is 11.4 Å². The van der Waals surface area contributed by atoms with Crippen molar-refractivity contribution in [3.05, 3.63) is 70.6 Å². The van der Waals surface area contributed by atoms with Crippen LogP contribution in [0.3, 0.4) is 0 Å². The first-order valence-electron chi connectivity index (χ1n) is 7.87. The lowest BCUT2D eigenvalue weighted by Gasteiger charge is -2.08. The molecule has 2 N–H and O–H groups in total. The minimum atomic E-state index is -0.0176. The van der Waals surface area contributed by atoms with Gasteiger partial charge < -0.3 is 4.52 Å². The number of benzene rings is 2. The predicted molar refractivity (Wildman–Crippen MR) is 92.3 cm³/mol. The van der Waals surface area contributed by atoms with Crippen LogP contribution in [0.2, 0.25) is 5.02 Å². The Morgan fingerprint density at radius 3 is 2.58 bits per heavy atom. The van der Waals surface area contributed by atoms with Gasteiger partial charge in [0.15, 0.2) is 0 Å². The summed E-state index contributed by atoms with van der Waals surface area (Å²) in [5.74, 6) is 1.22. The summed E-state index contributed by atoms with van der Waals surface area (Å²) in [6.45, 7) is 2.04. The summed E-state index contributed by atoms with van der Waals surface area (Å²) < 4.78 is 5.48. The van der Waals surface area contributed by atoms with Gasteiger partial charge in [0, 0.05) is 16.6 Å². The fraction of sp³-hybridized carbons (Fsp3) is 0.222. The molecule has 24 heavy (non-hydrogen) atoms. The number of aryl methyl sites for hydroxylation is 1. The average molecular weight is 341 g/mol. The Labute approximate surface area is 145 Å². The number of nitrogens with zero attached hydrogens (tertiary/aromatic N) is 2. The molecule has 2 aromatic carbocycles. The van der Waals surface area contributed by atoms with E-state index in [4.69, 9.17) is 16.1 Å². The van der Waals surface area contributed by atoms with Gasteiger partial charge in [0.1, 0.15) is 6.04 Å². The van der Waals surface area contributed by atoms with Gasteiger partial charge in [-0.2, -0.15) is 4.98 Å². The van der Waals surface area contributed by atoms with Gasteiger partial charge in [-0.15, -0.1) is 0 Å². The summed E-state index contributed by atoms with van der Waals surface area (Å²) >= 11 is 5.95. The average Bonchev–Trinajstić information content (AvgIpc) is 3.25. The van der Waals surface area contributed by atoms with Crippen molar-refractivity contribution < 1.29 is 4.52 Å². The molecular formula is C18H17ClN4O. The zero-order valence-electron chi connectivity index (χ0n) is 13.2. The third-order valence-electron chi connectivity index (χ3n) is 4.30. The minimum absolute atomic E-state index is 0.0176. The zero-order valence-corrected chi connectivity index (χ0v) is 13.9. The quantitative estimate of drug-likeness (QED) is 0.755. The lowest BCUT2D eigenvalue weighted by Crippen LogP contribution is -2.26. The Bertz CT molecular complexity index is 846. The van der Waals surface area contributed by atoms with Gasteiger partial charge in [0.05, 0.1) is 0 Å². The molecule has 2 heterocycles. The lowest BCUT2D eigenvalue weighted by molar-refractivity contribution is 0.340. The van der Waals surface area contributed by atoms with Gasteiger partial charge in [-0.05, 0) is 36.6 Å². The third-order valence-corrected chi connectivity index (χ3v) is 4.55. The molecule has 1 aromatic heterocycles. The second-order valence-corrected chi connectivity index (χ2v) is 6.39. The highest BCUT2D eigenvalue weighted by molar-refractivity contribution is 6.30. The monoisotopic (exact) mass is 340 g/mol. The number of rotatable bonds is 3.